The lowest BCUT2D eigenvalue weighted by Gasteiger charge is -2.41. The van der Waals surface area contributed by atoms with Gasteiger partial charge in [0.05, 0.1) is 0 Å². The molecule has 22 heavy (non-hydrogen) atoms. The minimum atomic E-state index is 0.566. The van der Waals surface area contributed by atoms with E-state index in [2.05, 4.69) is 80.4 Å². The maximum absolute atomic E-state index is 4.02. The van der Waals surface area contributed by atoms with Gasteiger partial charge in [-0.05, 0) is 47.9 Å². The largest absolute Gasteiger partial charge is 0.0884 e. The molecule has 4 rings (SSSR count). The van der Waals surface area contributed by atoms with Crippen molar-refractivity contribution < 1.29 is 0 Å². The third-order valence-corrected chi connectivity index (χ3v) is 7.43. The predicted molar refractivity (Wildman–Crippen MR) is 100 cm³/mol. The third kappa shape index (κ3) is 2.49. The average Bonchev–Trinajstić information content (AvgIpc) is 2.56. The highest BCUT2D eigenvalue weighted by Gasteiger charge is 2.40. The Bertz CT molecular complexity index is 619. The molecule has 0 radical (unpaired) electrons. The Morgan fingerprint density at radius 1 is 0.636 bits per heavy atom. The van der Waals surface area contributed by atoms with Gasteiger partial charge < -0.3 is 0 Å². The fourth-order valence-electron chi connectivity index (χ4n) is 4.35. The number of halogens is 2. The first-order valence-electron chi connectivity index (χ1n) is 8.19. The molecule has 0 aromatic heterocycles. The maximum Gasteiger partial charge on any atom is 0.0224 e. The Kier molecular flexibility index (Phi) is 4.17. The monoisotopic (exact) mass is 418 g/mol. The van der Waals surface area contributed by atoms with Crippen LogP contribution < -0.4 is 0 Å². The molecular formula is C20H20Br2. The molecule has 2 aliphatic carbocycles. The first kappa shape index (κ1) is 15.0. The Balaban J connectivity index is 1.84. The number of hydrogen-bond donors (Lipinski definition) is 0. The van der Waals surface area contributed by atoms with Gasteiger partial charge in [-0.1, -0.05) is 80.4 Å². The van der Waals surface area contributed by atoms with Gasteiger partial charge in [-0.3, -0.25) is 0 Å². The molecule has 0 heterocycles. The van der Waals surface area contributed by atoms with Crippen molar-refractivity contribution in [3.8, 4) is 0 Å². The second-order valence-corrected chi connectivity index (χ2v) is 8.91. The lowest BCUT2D eigenvalue weighted by Crippen LogP contribution is -2.33. The van der Waals surface area contributed by atoms with Gasteiger partial charge in [-0.15, -0.1) is 0 Å². The van der Waals surface area contributed by atoms with E-state index in [0.717, 1.165) is 0 Å². The summed E-state index contributed by atoms with van der Waals surface area (Å²) < 4.78 is 0. The number of fused-ring (bicyclic) bond motifs is 2. The summed E-state index contributed by atoms with van der Waals surface area (Å²) in [5.74, 6) is 1.13. The molecule has 0 aliphatic heterocycles. The molecule has 0 nitrogen and oxygen atoms in total. The molecule has 0 amide bonds. The molecule has 0 spiro atoms. The van der Waals surface area contributed by atoms with Crippen LogP contribution in [0.2, 0.25) is 0 Å². The van der Waals surface area contributed by atoms with Crippen molar-refractivity contribution in [2.75, 3.05) is 0 Å². The van der Waals surface area contributed by atoms with Crippen LogP contribution in [0.1, 0.15) is 46.9 Å². The highest BCUT2D eigenvalue weighted by molar-refractivity contribution is 9.09. The van der Waals surface area contributed by atoms with Crippen LogP contribution in [0.4, 0.5) is 0 Å². The first-order valence-corrected chi connectivity index (χ1v) is 10.0. The van der Waals surface area contributed by atoms with E-state index in [0.29, 0.717) is 21.5 Å². The van der Waals surface area contributed by atoms with Crippen LogP contribution in [-0.4, -0.2) is 9.65 Å². The molecular weight excluding hydrogens is 400 g/mol. The normalized spacial score (nSPS) is 30.5. The number of hydrogen-bond acceptors (Lipinski definition) is 0. The van der Waals surface area contributed by atoms with Crippen LogP contribution in [0.25, 0.3) is 0 Å². The lowest BCUT2D eigenvalue weighted by atomic mass is 9.68. The van der Waals surface area contributed by atoms with Gasteiger partial charge in [0, 0.05) is 21.5 Å². The van der Waals surface area contributed by atoms with Crippen LogP contribution in [-0.2, 0) is 12.8 Å². The number of benzene rings is 2. The number of aryl methyl sites for hydroxylation is 2. The van der Waals surface area contributed by atoms with Crippen molar-refractivity contribution in [2.24, 2.45) is 0 Å². The molecule has 4 atom stereocenters. The molecule has 0 saturated heterocycles. The molecule has 114 valence electrons. The van der Waals surface area contributed by atoms with Gasteiger partial charge in [0.25, 0.3) is 0 Å². The van der Waals surface area contributed by atoms with Gasteiger partial charge in [0.15, 0.2) is 0 Å². The summed E-state index contributed by atoms with van der Waals surface area (Å²) in [6.45, 7) is 0. The van der Waals surface area contributed by atoms with E-state index < -0.39 is 0 Å². The van der Waals surface area contributed by atoms with E-state index in [1.807, 2.05) is 0 Å². The minimum absolute atomic E-state index is 0.566. The summed E-state index contributed by atoms with van der Waals surface area (Å²) in [4.78, 5) is 1.14. The summed E-state index contributed by atoms with van der Waals surface area (Å²) in [7, 11) is 0. The van der Waals surface area contributed by atoms with Gasteiger partial charge in [-0.2, -0.15) is 0 Å². The Labute approximate surface area is 149 Å². The zero-order valence-electron chi connectivity index (χ0n) is 12.5. The second kappa shape index (κ2) is 6.13. The quantitative estimate of drug-likeness (QED) is 0.499. The number of alkyl halides is 2. The topological polar surface area (TPSA) is 0 Å². The van der Waals surface area contributed by atoms with Crippen LogP contribution in [0.15, 0.2) is 48.5 Å². The Hall–Kier alpha value is -0.600. The standard InChI is InChI=1S/C20H20Br2/c21-17-11-9-13-5-1-3-7-15(13)19(17)20-16-8-4-2-6-14(16)10-12-18(20)22/h1-8,17-20H,9-12H2. The zero-order valence-corrected chi connectivity index (χ0v) is 15.7. The fraction of sp³-hybridized carbons (Fsp3) is 0.400. The van der Waals surface area contributed by atoms with Crippen molar-refractivity contribution >= 4 is 31.9 Å². The summed E-state index contributed by atoms with van der Waals surface area (Å²) in [6.07, 6.45) is 4.87. The van der Waals surface area contributed by atoms with Gasteiger partial charge in [0.1, 0.15) is 0 Å². The smallest absolute Gasteiger partial charge is 0.0224 e. The molecule has 0 fully saturated rings. The lowest BCUT2D eigenvalue weighted by molar-refractivity contribution is 0.445. The SMILES string of the molecule is BrC1CCc2ccccc2C1C1c2ccccc2CCC1Br. The van der Waals surface area contributed by atoms with Gasteiger partial charge in [0.2, 0.25) is 0 Å². The average molecular weight is 420 g/mol. The molecule has 0 bridgehead atoms. The van der Waals surface area contributed by atoms with Crippen LogP contribution in [0, 0.1) is 0 Å². The molecule has 0 N–H and O–H groups in total. The van der Waals surface area contributed by atoms with Crippen LogP contribution in [0.5, 0.6) is 0 Å². The second-order valence-electron chi connectivity index (χ2n) is 6.56. The summed E-state index contributed by atoms with van der Waals surface area (Å²) in [5.41, 5.74) is 6.21. The van der Waals surface area contributed by atoms with E-state index in [1.165, 1.54) is 25.7 Å². The van der Waals surface area contributed by atoms with Crippen molar-refractivity contribution in [1.82, 2.24) is 0 Å². The molecule has 4 unspecified atom stereocenters. The molecule has 0 saturated carbocycles. The summed E-state index contributed by atoms with van der Waals surface area (Å²) >= 11 is 8.04. The van der Waals surface area contributed by atoms with E-state index in [-0.39, 0.29) is 0 Å². The minimum Gasteiger partial charge on any atom is -0.0884 e. The van der Waals surface area contributed by atoms with E-state index in [1.54, 1.807) is 22.3 Å². The summed E-state index contributed by atoms with van der Waals surface area (Å²) in [5, 5.41) is 0. The van der Waals surface area contributed by atoms with Crippen LogP contribution >= 0.6 is 31.9 Å². The van der Waals surface area contributed by atoms with E-state index in [9.17, 15) is 0 Å². The van der Waals surface area contributed by atoms with Crippen LogP contribution in [0.3, 0.4) is 0 Å². The first-order chi connectivity index (χ1) is 10.8. The Morgan fingerprint density at radius 2 is 1.05 bits per heavy atom. The van der Waals surface area contributed by atoms with Gasteiger partial charge >= 0.3 is 0 Å². The van der Waals surface area contributed by atoms with Crippen molar-refractivity contribution in [3.05, 3.63) is 70.8 Å². The van der Waals surface area contributed by atoms with Crippen molar-refractivity contribution in [1.29, 1.82) is 0 Å². The molecule has 2 aromatic carbocycles. The highest BCUT2D eigenvalue weighted by Crippen LogP contribution is 2.51. The molecule has 2 aliphatic rings. The van der Waals surface area contributed by atoms with Gasteiger partial charge in [-0.25, -0.2) is 0 Å². The fourth-order valence-corrected chi connectivity index (χ4v) is 6.03. The Morgan fingerprint density at radius 3 is 1.50 bits per heavy atom. The summed E-state index contributed by atoms with van der Waals surface area (Å²) in [6, 6.07) is 18.1. The van der Waals surface area contributed by atoms with E-state index >= 15 is 0 Å². The van der Waals surface area contributed by atoms with E-state index in [4.69, 9.17) is 0 Å². The number of rotatable bonds is 1. The highest BCUT2D eigenvalue weighted by atomic mass is 79.9. The maximum atomic E-state index is 4.02. The van der Waals surface area contributed by atoms with Crippen molar-refractivity contribution in [2.45, 2.75) is 47.2 Å². The zero-order chi connectivity index (χ0) is 15.1. The predicted octanol–water partition coefficient (Wildman–Crippen LogP) is 5.97. The molecule has 2 aromatic rings. The van der Waals surface area contributed by atoms with Crippen molar-refractivity contribution in [3.63, 3.8) is 0 Å². The molecule has 2 heteroatoms. The third-order valence-electron chi connectivity index (χ3n) is 5.37.